The average Bonchev–Trinajstić information content (AvgIpc) is 2.52. The van der Waals surface area contributed by atoms with Gasteiger partial charge in [0.1, 0.15) is 0 Å². The predicted molar refractivity (Wildman–Crippen MR) is 82.8 cm³/mol. The van der Waals surface area contributed by atoms with Gasteiger partial charge in [0.05, 0.1) is 0 Å². The zero-order valence-corrected chi connectivity index (χ0v) is 12.2. The number of benzene rings is 2. The minimum atomic E-state index is -4.16. The van der Waals surface area contributed by atoms with Gasteiger partial charge in [-0.25, -0.2) is 0 Å². The Hall–Kier alpha value is -1.81. The van der Waals surface area contributed by atoms with Crippen LogP contribution >= 0.6 is 0 Å². The van der Waals surface area contributed by atoms with Crippen LogP contribution in [0.4, 0.5) is 13.2 Å². The van der Waals surface area contributed by atoms with Crippen molar-refractivity contribution in [2.24, 2.45) is 0 Å². The highest BCUT2D eigenvalue weighted by molar-refractivity contribution is 5.82. The first kappa shape index (κ1) is 15.1. The summed E-state index contributed by atoms with van der Waals surface area (Å²) in [6.07, 6.45) is -1.88. The number of rotatable bonds is 3. The zero-order valence-electron chi connectivity index (χ0n) is 12.2. The Labute approximate surface area is 128 Å². The number of alkyl halides is 3. The van der Waals surface area contributed by atoms with Gasteiger partial charge in [0, 0.05) is 25.2 Å². The van der Waals surface area contributed by atoms with Crippen LogP contribution in [0.15, 0.2) is 54.1 Å². The Balaban J connectivity index is 1.60. The first-order valence-corrected chi connectivity index (χ1v) is 7.49. The molecule has 116 valence electrons. The van der Waals surface area contributed by atoms with Crippen molar-refractivity contribution in [2.45, 2.75) is 19.0 Å². The van der Waals surface area contributed by atoms with Crippen molar-refractivity contribution in [2.75, 3.05) is 19.6 Å². The van der Waals surface area contributed by atoms with E-state index in [1.807, 2.05) is 12.1 Å². The molecular weight excluding hydrogens is 287 g/mol. The third-order valence-electron chi connectivity index (χ3n) is 4.19. The van der Waals surface area contributed by atoms with Crippen LogP contribution < -0.4 is 0 Å². The number of nitrogens with zero attached hydrogens (tertiary/aromatic N) is 1. The topological polar surface area (TPSA) is 3.24 Å². The summed E-state index contributed by atoms with van der Waals surface area (Å²) in [5.41, 5.74) is 0.846. The molecule has 0 radical (unpaired) electrons. The van der Waals surface area contributed by atoms with E-state index in [1.54, 1.807) is 0 Å². The van der Waals surface area contributed by atoms with E-state index in [0.29, 0.717) is 13.1 Å². The molecule has 0 unspecified atom stereocenters. The standard InChI is InChI=1S/C18H18F3N/c19-18(20,21)17-8-11-22(12-9-17)10-7-14-5-6-15-3-1-2-4-16(15)13-14/h1-6,8,13H,7,9-12H2. The Morgan fingerprint density at radius 3 is 2.45 bits per heavy atom. The molecule has 1 aliphatic heterocycles. The first-order valence-electron chi connectivity index (χ1n) is 7.49. The largest absolute Gasteiger partial charge is 0.412 e. The van der Waals surface area contributed by atoms with Crippen LogP contribution in [0, 0.1) is 0 Å². The van der Waals surface area contributed by atoms with Crippen LogP contribution in [0.3, 0.4) is 0 Å². The van der Waals surface area contributed by atoms with E-state index in [9.17, 15) is 13.2 Å². The number of hydrogen-bond acceptors (Lipinski definition) is 1. The molecule has 22 heavy (non-hydrogen) atoms. The molecule has 1 aliphatic rings. The maximum absolute atomic E-state index is 12.6. The lowest BCUT2D eigenvalue weighted by atomic mass is 10.0. The van der Waals surface area contributed by atoms with Crippen molar-refractivity contribution in [3.05, 3.63) is 59.7 Å². The lowest BCUT2D eigenvalue weighted by molar-refractivity contribution is -0.0959. The maximum Gasteiger partial charge on any atom is 0.412 e. The predicted octanol–water partition coefficient (Wildman–Crippen LogP) is 4.58. The molecule has 0 fully saturated rings. The summed E-state index contributed by atoms with van der Waals surface area (Å²) in [5, 5.41) is 2.42. The normalized spacial score (nSPS) is 16.8. The number of fused-ring (bicyclic) bond motifs is 1. The van der Waals surface area contributed by atoms with E-state index < -0.39 is 6.18 Å². The molecule has 0 aromatic heterocycles. The van der Waals surface area contributed by atoms with E-state index in [4.69, 9.17) is 0 Å². The van der Waals surface area contributed by atoms with Crippen molar-refractivity contribution in [3.8, 4) is 0 Å². The van der Waals surface area contributed by atoms with Gasteiger partial charge in [0.2, 0.25) is 0 Å². The lowest BCUT2D eigenvalue weighted by Crippen LogP contribution is -2.33. The van der Waals surface area contributed by atoms with E-state index in [-0.39, 0.29) is 12.0 Å². The number of halogens is 3. The van der Waals surface area contributed by atoms with Crippen molar-refractivity contribution >= 4 is 10.8 Å². The molecule has 2 aromatic rings. The summed E-state index contributed by atoms with van der Waals surface area (Å²) >= 11 is 0. The second-order valence-corrected chi connectivity index (χ2v) is 5.71. The van der Waals surface area contributed by atoms with Crippen molar-refractivity contribution in [1.29, 1.82) is 0 Å². The third kappa shape index (κ3) is 3.50. The molecule has 0 saturated carbocycles. The minimum absolute atomic E-state index is 0.0984. The highest BCUT2D eigenvalue weighted by Crippen LogP contribution is 2.30. The van der Waals surface area contributed by atoms with Crippen LogP contribution in [-0.4, -0.2) is 30.7 Å². The first-order chi connectivity index (χ1) is 10.5. The second kappa shape index (κ2) is 6.13. The van der Waals surface area contributed by atoms with Crippen molar-refractivity contribution in [1.82, 2.24) is 4.90 Å². The van der Waals surface area contributed by atoms with Gasteiger partial charge in [-0.2, -0.15) is 13.2 Å². The van der Waals surface area contributed by atoms with E-state index in [0.717, 1.165) is 13.0 Å². The second-order valence-electron chi connectivity index (χ2n) is 5.71. The van der Waals surface area contributed by atoms with Crippen LogP contribution in [0.5, 0.6) is 0 Å². The minimum Gasteiger partial charge on any atom is -0.299 e. The molecule has 4 heteroatoms. The monoisotopic (exact) mass is 305 g/mol. The average molecular weight is 305 g/mol. The van der Waals surface area contributed by atoms with Gasteiger partial charge in [-0.15, -0.1) is 0 Å². The fourth-order valence-corrected chi connectivity index (χ4v) is 2.85. The molecule has 0 N–H and O–H groups in total. The Morgan fingerprint density at radius 1 is 1.00 bits per heavy atom. The summed E-state index contributed by atoms with van der Waals surface area (Å²) in [6, 6.07) is 14.5. The molecule has 0 spiro atoms. The highest BCUT2D eigenvalue weighted by Gasteiger charge is 2.34. The molecular formula is C18H18F3N. The lowest BCUT2D eigenvalue weighted by Gasteiger charge is -2.27. The summed E-state index contributed by atoms with van der Waals surface area (Å²) < 4.78 is 37.7. The molecule has 0 amide bonds. The highest BCUT2D eigenvalue weighted by atomic mass is 19.4. The Bertz CT molecular complexity index is 688. The fraction of sp³-hybridized carbons (Fsp3) is 0.333. The van der Waals surface area contributed by atoms with Crippen LogP contribution in [0.1, 0.15) is 12.0 Å². The molecule has 1 nitrogen and oxygen atoms in total. The molecule has 3 rings (SSSR count). The maximum atomic E-state index is 12.6. The Morgan fingerprint density at radius 2 is 1.77 bits per heavy atom. The third-order valence-corrected chi connectivity index (χ3v) is 4.19. The zero-order chi connectivity index (χ0) is 15.6. The van der Waals surface area contributed by atoms with Crippen LogP contribution in [0.2, 0.25) is 0 Å². The molecule has 2 aromatic carbocycles. The molecule has 1 heterocycles. The molecule has 0 saturated heterocycles. The fourth-order valence-electron chi connectivity index (χ4n) is 2.85. The number of hydrogen-bond donors (Lipinski definition) is 0. The Kier molecular flexibility index (Phi) is 4.21. The van der Waals surface area contributed by atoms with E-state index in [1.165, 1.54) is 22.4 Å². The van der Waals surface area contributed by atoms with Gasteiger partial charge in [-0.05, 0) is 29.2 Å². The van der Waals surface area contributed by atoms with Crippen molar-refractivity contribution < 1.29 is 13.2 Å². The van der Waals surface area contributed by atoms with Crippen LogP contribution in [0.25, 0.3) is 10.8 Å². The molecule has 0 atom stereocenters. The summed E-state index contributed by atoms with van der Waals surface area (Å²) in [7, 11) is 0. The smallest absolute Gasteiger partial charge is 0.299 e. The quantitative estimate of drug-likeness (QED) is 0.750. The van der Waals surface area contributed by atoms with E-state index >= 15 is 0 Å². The van der Waals surface area contributed by atoms with Gasteiger partial charge in [-0.1, -0.05) is 48.5 Å². The summed E-state index contributed by atoms with van der Waals surface area (Å²) in [6.45, 7) is 1.67. The summed E-state index contributed by atoms with van der Waals surface area (Å²) in [5.74, 6) is 0. The van der Waals surface area contributed by atoms with Gasteiger partial charge in [-0.3, -0.25) is 4.90 Å². The van der Waals surface area contributed by atoms with Gasteiger partial charge >= 0.3 is 6.18 Å². The van der Waals surface area contributed by atoms with Crippen LogP contribution in [-0.2, 0) is 6.42 Å². The molecule has 0 aliphatic carbocycles. The van der Waals surface area contributed by atoms with E-state index in [2.05, 4.69) is 35.2 Å². The van der Waals surface area contributed by atoms with Gasteiger partial charge in [0.25, 0.3) is 0 Å². The molecule has 0 bridgehead atoms. The van der Waals surface area contributed by atoms with Gasteiger partial charge < -0.3 is 0 Å². The summed E-state index contributed by atoms with van der Waals surface area (Å²) in [4.78, 5) is 2.07. The van der Waals surface area contributed by atoms with Crippen molar-refractivity contribution in [3.63, 3.8) is 0 Å². The SMILES string of the molecule is FC(F)(F)C1=CCN(CCc2ccc3ccccc3c2)CC1. The van der Waals surface area contributed by atoms with Gasteiger partial charge in [0.15, 0.2) is 0 Å².